The van der Waals surface area contributed by atoms with E-state index >= 15 is 0 Å². The summed E-state index contributed by atoms with van der Waals surface area (Å²) in [6.45, 7) is 7.08. The van der Waals surface area contributed by atoms with Gasteiger partial charge in [-0.25, -0.2) is 0 Å². The zero-order valence-electron chi connectivity index (χ0n) is 33.9. The van der Waals surface area contributed by atoms with Gasteiger partial charge in [-0.2, -0.15) is 0 Å². The van der Waals surface area contributed by atoms with Crippen LogP contribution >= 0.6 is 0 Å². The summed E-state index contributed by atoms with van der Waals surface area (Å²) in [5.74, 6) is -1.36. The molecule has 0 bridgehead atoms. The Bertz CT molecular complexity index is 2110. The van der Waals surface area contributed by atoms with E-state index in [1.54, 1.807) is 23.2 Å². The first-order chi connectivity index (χ1) is 28.0. The van der Waals surface area contributed by atoms with E-state index in [-0.39, 0.29) is 47.5 Å². The largest absolute Gasteiger partial charge is 0.508 e. The molecule has 4 aliphatic rings. The molecule has 3 fully saturated rings. The van der Waals surface area contributed by atoms with E-state index in [1.807, 2.05) is 48.5 Å². The Morgan fingerprint density at radius 3 is 2.22 bits per heavy atom. The van der Waals surface area contributed by atoms with Crippen LogP contribution in [-0.4, -0.2) is 66.0 Å². The fraction of sp³-hybridized carbons (Fsp3) is 0.396. The van der Waals surface area contributed by atoms with Crippen molar-refractivity contribution in [1.29, 1.82) is 0 Å². The lowest BCUT2D eigenvalue weighted by Crippen LogP contribution is -2.66. The average molecular weight is 795 g/mol. The first-order valence-corrected chi connectivity index (χ1v) is 23.0. The van der Waals surface area contributed by atoms with E-state index < -0.39 is 33.4 Å². The van der Waals surface area contributed by atoms with Crippen LogP contribution in [0.2, 0.25) is 11.4 Å². The van der Waals surface area contributed by atoms with Gasteiger partial charge in [0.15, 0.2) is 0 Å². The number of hydrogen-bond donors (Lipinski definition) is 2. The number of likely N-dealkylation sites (tertiary alicyclic amines) is 1. The third-order valence-corrected chi connectivity index (χ3v) is 18.0. The SMILES string of the molecule is CC(C)(C)[Si](OCC1=C2[C@@H](CC/C(=C/c3cccc(O)c3)c3ccccn3)OB(O)C[C@@H]2[C@@H]2C(=O)N(C3CCCCC3)C(=O)[C@@H]2C1)(c1ccccc1)c1ccccc1. The molecule has 3 heterocycles. The highest BCUT2D eigenvalue weighted by Gasteiger charge is 2.59. The molecule has 8 rings (SSSR count). The van der Waals surface area contributed by atoms with Crippen LogP contribution in [0.1, 0.15) is 83.4 Å². The number of pyridine rings is 1. The van der Waals surface area contributed by atoms with E-state index in [2.05, 4.69) is 74.3 Å². The maximum atomic E-state index is 14.6. The van der Waals surface area contributed by atoms with Crippen molar-refractivity contribution in [1.82, 2.24) is 9.88 Å². The van der Waals surface area contributed by atoms with Gasteiger partial charge in [0.25, 0.3) is 8.32 Å². The first kappa shape index (κ1) is 40.2. The Hall–Kier alpha value is -4.61. The predicted octanol–water partition coefficient (Wildman–Crippen LogP) is 7.81. The Kier molecular flexibility index (Phi) is 11.7. The number of aromatic hydroxyl groups is 1. The average Bonchev–Trinajstić information content (AvgIpc) is 3.48. The van der Waals surface area contributed by atoms with Crippen molar-refractivity contribution in [3.8, 4) is 5.75 Å². The molecule has 58 heavy (non-hydrogen) atoms. The van der Waals surface area contributed by atoms with Crippen molar-refractivity contribution in [3.63, 3.8) is 0 Å². The zero-order valence-corrected chi connectivity index (χ0v) is 34.9. The number of allylic oxidation sites excluding steroid dienone is 1. The van der Waals surface area contributed by atoms with Crippen molar-refractivity contribution in [2.75, 3.05) is 6.61 Å². The second-order valence-electron chi connectivity index (χ2n) is 17.6. The monoisotopic (exact) mass is 794 g/mol. The maximum absolute atomic E-state index is 14.6. The molecular weight excluding hydrogens is 739 g/mol. The molecule has 4 atom stereocenters. The Morgan fingerprint density at radius 1 is 0.897 bits per heavy atom. The number of phenolic OH excluding ortho intramolecular Hbond substituents is 1. The molecule has 0 spiro atoms. The number of imide groups is 1. The van der Waals surface area contributed by atoms with Gasteiger partial charge in [-0.1, -0.05) is 119 Å². The second-order valence-corrected chi connectivity index (χ2v) is 21.9. The Morgan fingerprint density at radius 2 is 1.59 bits per heavy atom. The summed E-state index contributed by atoms with van der Waals surface area (Å²) in [4.78, 5) is 35.5. The quantitative estimate of drug-likeness (QED) is 0.0906. The molecule has 1 aromatic heterocycles. The summed E-state index contributed by atoms with van der Waals surface area (Å²) in [7, 11) is -4.07. The minimum Gasteiger partial charge on any atom is -0.508 e. The van der Waals surface area contributed by atoms with E-state index in [1.165, 1.54) is 10.4 Å². The van der Waals surface area contributed by atoms with Gasteiger partial charge in [0.05, 0.1) is 30.2 Å². The van der Waals surface area contributed by atoms with Gasteiger partial charge in [0.1, 0.15) is 5.75 Å². The van der Waals surface area contributed by atoms with E-state index in [4.69, 9.17) is 9.08 Å². The number of benzene rings is 3. The van der Waals surface area contributed by atoms with Crippen molar-refractivity contribution in [3.05, 3.63) is 132 Å². The van der Waals surface area contributed by atoms with Gasteiger partial charge in [0, 0.05) is 12.2 Å². The molecule has 8 nitrogen and oxygen atoms in total. The fourth-order valence-electron chi connectivity index (χ4n) is 10.5. The molecule has 2 N–H and O–H groups in total. The predicted molar refractivity (Wildman–Crippen MR) is 232 cm³/mol. The van der Waals surface area contributed by atoms with E-state index in [9.17, 15) is 19.7 Å². The summed E-state index contributed by atoms with van der Waals surface area (Å²) in [5, 5.41) is 23.8. The summed E-state index contributed by atoms with van der Waals surface area (Å²) in [5.41, 5.74) is 4.64. The van der Waals surface area contributed by atoms with E-state index in [0.29, 0.717) is 19.3 Å². The highest BCUT2D eigenvalue weighted by Crippen LogP contribution is 2.52. The topological polar surface area (TPSA) is 109 Å². The molecule has 10 heteroatoms. The van der Waals surface area contributed by atoms with Crippen molar-refractivity contribution in [2.24, 2.45) is 17.8 Å². The molecule has 2 aliphatic carbocycles. The maximum Gasteiger partial charge on any atom is 0.455 e. The molecular formula is C48H55BN2O6Si. The highest BCUT2D eigenvalue weighted by atomic mass is 28.4. The molecule has 0 radical (unpaired) electrons. The second kappa shape index (κ2) is 16.9. The number of carbonyl (C=O) groups is 2. The van der Waals surface area contributed by atoms with Crippen LogP contribution in [0.3, 0.4) is 0 Å². The van der Waals surface area contributed by atoms with Gasteiger partial charge >= 0.3 is 7.12 Å². The van der Waals surface area contributed by atoms with Gasteiger partial charge in [0.2, 0.25) is 11.8 Å². The van der Waals surface area contributed by atoms with Crippen molar-refractivity contribution >= 4 is 49.3 Å². The van der Waals surface area contributed by atoms with Gasteiger partial charge in [-0.3, -0.25) is 19.5 Å². The number of hydrogen-bond acceptors (Lipinski definition) is 7. The zero-order chi connectivity index (χ0) is 40.4. The highest BCUT2D eigenvalue weighted by molar-refractivity contribution is 6.99. The van der Waals surface area contributed by atoms with Crippen LogP contribution in [0.4, 0.5) is 0 Å². The Balaban J connectivity index is 1.21. The molecule has 1 saturated carbocycles. The molecule has 2 amide bonds. The van der Waals surface area contributed by atoms with Crippen LogP contribution in [0.15, 0.2) is 120 Å². The molecule has 4 aromatic rings. The van der Waals surface area contributed by atoms with Crippen molar-refractivity contribution in [2.45, 2.75) is 95.6 Å². The molecule has 2 saturated heterocycles. The summed E-state index contributed by atoms with van der Waals surface area (Å²) >= 11 is 0. The third-order valence-electron chi connectivity index (χ3n) is 13.0. The van der Waals surface area contributed by atoms with Crippen LogP contribution < -0.4 is 10.4 Å². The number of aromatic nitrogens is 1. The molecule has 300 valence electrons. The Labute approximate surface area is 344 Å². The third kappa shape index (κ3) is 7.79. The summed E-state index contributed by atoms with van der Waals surface area (Å²) in [6.07, 6.45) is 9.89. The number of carbonyl (C=O) groups excluding carboxylic acids is 2. The van der Waals surface area contributed by atoms with Crippen LogP contribution in [0.5, 0.6) is 5.75 Å². The smallest absolute Gasteiger partial charge is 0.455 e. The number of phenols is 1. The van der Waals surface area contributed by atoms with Gasteiger partial charge in [-0.15, -0.1) is 0 Å². The lowest BCUT2D eigenvalue weighted by atomic mass is 9.58. The molecule has 0 unspecified atom stereocenters. The molecule has 2 aliphatic heterocycles. The minimum atomic E-state index is -2.98. The number of rotatable bonds is 11. The fourth-order valence-corrected chi connectivity index (χ4v) is 15.1. The summed E-state index contributed by atoms with van der Waals surface area (Å²) < 4.78 is 14.1. The van der Waals surface area contributed by atoms with Crippen molar-refractivity contribution < 1.29 is 28.8 Å². The number of nitrogens with zero attached hydrogens (tertiary/aromatic N) is 2. The van der Waals surface area contributed by atoms with Gasteiger partial charge in [-0.05, 0) is 112 Å². The first-order valence-electron chi connectivity index (χ1n) is 21.1. The lowest BCUT2D eigenvalue weighted by molar-refractivity contribution is -0.143. The number of amides is 2. The lowest BCUT2D eigenvalue weighted by Gasteiger charge is -2.46. The minimum absolute atomic E-state index is 0.0621. The standard InChI is InChI=1S/C48H55BN2O6Si/c1-48(2,3)58(38-20-9-5-10-21-38,39-22-11-6-12-23-39)56-32-35-30-40-45(47(54)51(46(40)53)36-17-7-4-8-18-36)41-31-49(55)57-43(44(35)41)26-25-34(42-24-13-14-27-50-42)28-33-16-15-19-37(52)29-33/h5-6,9-16,19-24,27-29,36,40-41,43,45,52,55H,4,7-8,17-18,25-26,30-32H2,1-3H3/b34-28-/t40-,41+,43-,45-/m1/s1. The van der Waals surface area contributed by atoms with Gasteiger partial charge < -0.3 is 19.2 Å². The number of fused-ring (bicyclic) bond motifs is 3. The van der Waals surface area contributed by atoms with E-state index in [0.717, 1.165) is 60.1 Å². The summed E-state index contributed by atoms with van der Waals surface area (Å²) in [6, 6.07) is 34.0. The van der Waals surface area contributed by atoms with Crippen LogP contribution in [0.25, 0.3) is 11.6 Å². The van der Waals surface area contributed by atoms with Crippen LogP contribution in [0, 0.1) is 17.8 Å². The normalized spacial score (nSPS) is 23.3. The van der Waals surface area contributed by atoms with Crippen LogP contribution in [-0.2, 0) is 18.7 Å². The molecule has 3 aromatic carbocycles.